The van der Waals surface area contributed by atoms with Gasteiger partial charge >= 0.3 is 0 Å². The summed E-state index contributed by atoms with van der Waals surface area (Å²) < 4.78 is 0. The van der Waals surface area contributed by atoms with Gasteiger partial charge in [0.2, 0.25) is 5.91 Å². The van der Waals surface area contributed by atoms with Gasteiger partial charge in [0.05, 0.1) is 6.54 Å². The first-order valence-electron chi connectivity index (χ1n) is 11.8. The number of aliphatic imine (C=N–C) groups is 1. The lowest BCUT2D eigenvalue weighted by Crippen LogP contribution is -2.40. The van der Waals surface area contributed by atoms with Crippen LogP contribution >= 0.6 is 11.6 Å². The number of halogens is 1. The maximum absolute atomic E-state index is 13.4. The molecule has 0 unspecified atom stereocenters. The van der Waals surface area contributed by atoms with Crippen molar-refractivity contribution >= 4 is 34.9 Å². The van der Waals surface area contributed by atoms with E-state index in [1.807, 2.05) is 29.2 Å². The maximum Gasteiger partial charge on any atom is 0.254 e. The molecular weight excluding hydrogens is 460 g/mol. The maximum atomic E-state index is 13.4. The molecule has 0 saturated carbocycles. The lowest BCUT2D eigenvalue weighted by atomic mass is 10.1. The van der Waals surface area contributed by atoms with E-state index in [0.717, 1.165) is 41.3 Å². The highest BCUT2D eigenvalue weighted by Crippen LogP contribution is 2.27. The van der Waals surface area contributed by atoms with Crippen molar-refractivity contribution < 1.29 is 9.59 Å². The van der Waals surface area contributed by atoms with E-state index in [2.05, 4.69) is 41.2 Å². The summed E-state index contributed by atoms with van der Waals surface area (Å²) in [5.41, 5.74) is 4.60. The molecule has 7 heteroatoms. The molecular formula is C28H27ClN4O2. The van der Waals surface area contributed by atoms with Crippen LogP contribution < -0.4 is 4.90 Å². The highest BCUT2D eigenvalue weighted by atomic mass is 35.5. The normalized spacial score (nSPS) is 15.7. The van der Waals surface area contributed by atoms with Crippen molar-refractivity contribution in [1.29, 1.82) is 0 Å². The van der Waals surface area contributed by atoms with Gasteiger partial charge in [0.1, 0.15) is 12.4 Å². The van der Waals surface area contributed by atoms with Crippen molar-refractivity contribution in [3.8, 4) is 0 Å². The molecule has 2 heterocycles. The number of anilines is 1. The Morgan fingerprint density at radius 2 is 1.71 bits per heavy atom. The van der Waals surface area contributed by atoms with Gasteiger partial charge in [-0.3, -0.25) is 14.6 Å². The van der Waals surface area contributed by atoms with Crippen molar-refractivity contribution in [3.63, 3.8) is 0 Å². The van der Waals surface area contributed by atoms with Crippen LogP contribution in [0.2, 0.25) is 5.02 Å². The second-order valence-electron chi connectivity index (χ2n) is 8.92. The number of para-hydroxylation sites is 1. The summed E-state index contributed by atoms with van der Waals surface area (Å²) in [6.07, 6.45) is 0.716. The van der Waals surface area contributed by atoms with E-state index in [1.54, 1.807) is 29.2 Å². The molecule has 0 aliphatic carbocycles. The summed E-state index contributed by atoms with van der Waals surface area (Å²) in [4.78, 5) is 36.7. The molecule has 0 saturated heterocycles. The summed E-state index contributed by atoms with van der Waals surface area (Å²) in [7, 11) is 2.06. The molecule has 0 atom stereocenters. The van der Waals surface area contributed by atoms with Gasteiger partial charge in [0, 0.05) is 48.5 Å². The Balaban J connectivity index is 1.33. The molecule has 3 aromatic carbocycles. The molecule has 2 aliphatic heterocycles. The highest BCUT2D eigenvalue weighted by Gasteiger charge is 2.29. The second kappa shape index (κ2) is 9.92. The first-order valence-corrected chi connectivity index (χ1v) is 12.2. The van der Waals surface area contributed by atoms with Crippen molar-refractivity contribution in [1.82, 2.24) is 9.80 Å². The lowest BCUT2D eigenvalue weighted by molar-refractivity contribution is -0.119. The van der Waals surface area contributed by atoms with Crippen LogP contribution in [0.3, 0.4) is 0 Å². The Bertz CT molecular complexity index is 1270. The second-order valence-corrected chi connectivity index (χ2v) is 9.35. The number of amides is 2. The predicted molar refractivity (Wildman–Crippen MR) is 139 cm³/mol. The number of likely N-dealkylation sites (N-methyl/N-ethyl adjacent to an activating group) is 1. The standard InChI is InChI=1S/C28H27ClN4O2/c1-31-17-15-30-27(31)21-8-6-20(7-9-21)14-16-33-25-5-3-2-4-23(25)18-32(19-26(33)34)28(35)22-10-12-24(29)13-11-22/h2-13H,14-19H2,1H3. The lowest BCUT2D eigenvalue weighted by Gasteiger charge is -2.23. The highest BCUT2D eigenvalue weighted by molar-refractivity contribution is 6.30. The summed E-state index contributed by atoms with van der Waals surface area (Å²) in [5, 5.41) is 0.571. The van der Waals surface area contributed by atoms with Crippen LogP contribution in [0.1, 0.15) is 27.0 Å². The zero-order valence-corrected chi connectivity index (χ0v) is 20.4. The van der Waals surface area contributed by atoms with Gasteiger partial charge in [-0.2, -0.15) is 0 Å². The van der Waals surface area contributed by atoms with Gasteiger partial charge in [0.25, 0.3) is 5.91 Å². The predicted octanol–water partition coefficient (Wildman–Crippen LogP) is 4.26. The third kappa shape index (κ3) is 4.93. The van der Waals surface area contributed by atoms with E-state index < -0.39 is 0 Å². The zero-order chi connectivity index (χ0) is 24.4. The third-order valence-corrected chi connectivity index (χ3v) is 6.80. The number of hydrogen-bond donors (Lipinski definition) is 0. The van der Waals surface area contributed by atoms with Crippen LogP contribution in [0.15, 0.2) is 77.8 Å². The molecule has 0 radical (unpaired) electrons. The molecule has 5 rings (SSSR count). The fourth-order valence-corrected chi connectivity index (χ4v) is 4.75. The monoisotopic (exact) mass is 486 g/mol. The summed E-state index contributed by atoms with van der Waals surface area (Å²) in [6, 6.07) is 23.0. The Hall–Kier alpha value is -3.64. The molecule has 35 heavy (non-hydrogen) atoms. The van der Waals surface area contributed by atoms with Crippen LogP contribution in [0.4, 0.5) is 5.69 Å². The van der Waals surface area contributed by atoms with Crippen molar-refractivity contribution in [2.24, 2.45) is 4.99 Å². The molecule has 0 aromatic heterocycles. The minimum Gasteiger partial charge on any atom is -0.358 e. The summed E-state index contributed by atoms with van der Waals surface area (Å²) in [6.45, 7) is 2.73. The topological polar surface area (TPSA) is 56.2 Å². The zero-order valence-electron chi connectivity index (χ0n) is 19.7. The quantitative estimate of drug-likeness (QED) is 0.541. The van der Waals surface area contributed by atoms with Gasteiger partial charge in [0.15, 0.2) is 0 Å². The van der Waals surface area contributed by atoms with Gasteiger partial charge in [-0.1, -0.05) is 54.1 Å². The van der Waals surface area contributed by atoms with Crippen molar-refractivity contribution in [2.75, 3.05) is 38.1 Å². The van der Waals surface area contributed by atoms with Crippen molar-refractivity contribution in [3.05, 3.63) is 100 Å². The van der Waals surface area contributed by atoms with E-state index >= 15 is 0 Å². The van der Waals surface area contributed by atoms with E-state index in [-0.39, 0.29) is 18.4 Å². The fourth-order valence-electron chi connectivity index (χ4n) is 4.62. The first-order chi connectivity index (χ1) is 17.0. The average molecular weight is 487 g/mol. The number of nitrogens with zero attached hydrogens (tertiary/aromatic N) is 4. The van der Waals surface area contributed by atoms with Crippen LogP contribution in [-0.2, 0) is 17.8 Å². The van der Waals surface area contributed by atoms with Crippen LogP contribution in [0.25, 0.3) is 0 Å². The summed E-state index contributed by atoms with van der Waals surface area (Å²) in [5.74, 6) is 0.761. The number of carbonyl (C=O) groups excluding carboxylic acids is 2. The van der Waals surface area contributed by atoms with E-state index in [9.17, 15) is 9.59 Å². The Kier molecular flexibility index (Phi) is 6.55. The van der Waals surface area contributed by atoms with E-state index in [4.69, 9.17) is 11.6 Å². The molecule has 0 spiro atoms. The first kappa shape index (κ1) is 23.1. The smallest absolute Gasteiger partial charge is 0.254 e. The minimum absolute atomic E-state index is 0.0290. The number of rotatable bonds is 5. The number of fused-ring (bicyclic) bond motifs is 1. The van der Waals surface area contributed by atoms with Gasteiger partial charge < -0.3 is 14.7 Å². The molecule has 0 fully saturated rings. The third-order valence-electron chi connectivity index (χ3n) is 6.54. The van der Waals surface area contributed by atoms with Gasteiger partial charge in [-0.15, -0.1) is 0 Å². The van der Waals surface area contributed by atoms with Crippen molar-refractivity contribution in [2.45, 2.75) is 13.0 Å². The van der Waals surface area contributed by atoms with Gasteiger partial charge in [-0.25, -0.2) is 0 Å². The van der Waals surface area contributed by atoms with Crippen LogP contribution in [0.5, 0.6) is 0 Å². The number of hydrogen-bond acceptors (Lipinski definition) is 4. The molecule has 0 bridgehead atoms. The van der Waals surface area contributed by atoms with Crippen LogP contribution in [0, 0.1) is 0 Å². The molecule has 3 aromatic rings. The number of benzene rings is 3. The molecule has 178 valence electrons. The average Bonchev–Trinajstić information content (AvgIpc) is 3.24. The molecule has 2 aliphatic rings. The molecule has 2 amide bonds. The van der Waals surface area contributed by atoms with E-state index in [1.165, 1.54) is 0 Å². The SMILES string of the molecule is CN1CCN=C1c1ccc(CCN2C(=O)CN(C(=O)c3ccc(Cl)cc3)Cc3ccccc32)cc1. The molecule has 6 nitrogen and oxygen atoms in total. The van der Waals surface area contributed by atoms with Gasteiger partial charge in [-0.05, 0) is 47.9 Å². The summed E-state index contributed by atoms with van der Waals surface area (Å²) >= 11 is 5.98. The number of carbonyl (C=O) groups is 2. The van der Waals surface area contributed by atoms with Crippen LogP contribution in [-0.4, -0.2) is 60.7 Å². The molecule has 0 N–H and O–H groups in total. The Morgan fingerprint density at radius 3 is 2.43 bits per heavy atom. The number of amidine groups is 1. The minimum atomic E-state index is -0.179. The Morgan fingerprint density at radius 1 is 0.971 bits per heavy atom. The largest absolute Gasteiger partial charge is 0.358 e. The van der Waals surface area contributed by atoms with E-state index in [0.29, 0.717) is 30.1 Å². The fraction of sp³-hybridized carbons (Fsp3) is 0.250. The Labute approximate surface area is 210 Å².